The van der Waals surface area contributed by atoms with Crippen molar-refractivity contribution in [1.29, 1.82) is 5.41 Å². The summed E-state index contributed by atoms with van der Waals surface area (Å²) in [6.45, 7) is 3.56. The zero-order valence-electron chi connectivity index (χ0n) is 5.36. The molecule has 0 saturated heterocycles. The summed E-state index contributed by atoms with van der Waals surface area (Å²) in [5.41, 5.74) is 1.34. The van der Waals surface area contributed by atoms with Crippen molar-refractivity contribution in [2.24, 2.45) is 4.40 Å². The number of nitrogens with zero attached hydrogens (tertiary/aromatic N) is 1. The fourth-order valence-corrected chi connectivity index (χ4v) is 0.616. The van der Waals surface area contributed by atoms with Gasteiger partial charge in [0.05, 0.1) is 11.4 Å². The van der Waals surface area contributed by atoms with E-state index in [4.69, 9.17) is 5.41 Å². The first kappa shape index (κ1) is 7.69. The Morgan fingerprint density at radius 1 is 1.50 bits per heavy atom. The molecular weight excluding hydrogens is 120 g/mol. The Bertz CT molecular complexity index is 118. The van der Waals surface area contributed by atoms with E-state index >= 15 is 0 Å². The predicted molar refractivity (Wildman–Crippen MR) is 40.0 cm³/mol. The molecule has 3 heteroatoms. The van der Waals surface area contributed by atoms with Crippen LogP contribution in [0.5, 0.6) is 0 Å². The molecule has 0 fully saturated rings. The molecule has 2 nitrogen and oxygen atoms in total. The SMILES string of the molecule is CS/N=C(/C)C(C)=N. The van der Waals surface area contributed by atoms with Crippen LogP contribution in [0.15, 0.2) is 4.40 Å². The predicted octanol–water partition coefficient (Wildman–Crippen LogP) is 1.76. The van der Waals surface area contributed by atoms with Crippen molar-refractivity contribution in [3.05, 3.63) is 0 Å². The fraction of sp³-hybridized carbons (Fsp3) is 0.600. The van der Waals surface area contributed by atoms with Gasteiger partial charge in [0.25, 0.3) is 0 Å². The highest BCUT2D eigenvalue weighted by molar-refractivity contribution is 7.97. The van der Waals surface area contributed by atoms with Crippen LogP contribution in [0.4, 0.5) is 0 Å². The van der Waals surface area contributed by atoms with Crippen molar-refractivity contribution in [2.75, 3.05) is 6.26 Å². The zero-order chi connectivity index (χ0) is 6.57. The normalized spacial score (nSPS) is 11.6. The highest BCUT2D eigenvalue weighted by Gasteiger charge is 1.89. The topological polar surface area (TPSA) is 36.2 Å². The second kappa shape index (κ2) is 3.66. The minimum absolute atomic E-state index is 0.541. The van der Waals surface area contributed by atoms with Gasteiger partial charge in [-0.15, -0.1) is 0 Å². The molecule has 8 heavy (non-hydrogen) atoms. The molecule has 0 aliphatic heterocycles. The van der Waals surface area contributed by atoms with Crippen molar-refractivity contribution < 1.29 is 0 Å². The lowest BCUT2D eigenvalue weighted by Crippen LogP contribution is -2.01. The van der Waals surface area contributed by atoms with Crippen LogP contribution in [0.1, 0.15) is 13.8 Å². The molecule has 0 unspecified atom stereocenters. The van der Waals surface area contributed by atoms with Gasteiger partial charge in [-0.25, -0.2) is 4.40 Å². The maximum Gasteiger partial charge on any atom is 0.0660 e. The number of rotatable bonds is 2. The van der Waals surface area contributed by atoms with Gasteiger partial charge in [0.1, 0.15) is 0 Å². The summed E-state index contributed by atoms with van der Waals surface area (Å²) in [4.78, 5) is 0. The van der Waals surface area contributed by atoms with Crippen molar-refractivity contribution in [3.8, 4) is 0 Å². The smallest absolute Gasteiger partial charge is 0.0660 e. The van der Waals surface area contributed by atoms with E-state index in [1.165, 1.54) is 11.9 Å². The van der Waals surface area contributed by atoms with Crippen LogP contribution >= 0.6 is 11.9 Å². The molecule has 0 aliphatic rings. The van der Waals surface area contributed by atoms with Gasteiger partial charge in [-0.3, -0.25) is 0 Å². The Morgan fingerprint density at radius 2 is 2.00 bits per heavy atom. The van der Waals surface area contributed by atoms with E-state index in [-0.39, 0.29) is 0 Å². The Kier molecular flexibility index (Phi) is 3.52. The van der Waals surface area contributed by atoms with E-state index in [2.05, 4.69) is 4.40 Å². The summed E-state index contributed by atoms with van der Waals surface area (Å²) in [6, 6.07) is 0. The molecule has 0 aromatic rings. The maximum absolute atomic E-state index is 7.06. The number of nitrogens with one attached hydrogen (secondary N) is 1. The molecule has 0 saturated carbocycles. The van der Waals surface area contributed by atoms with Crippen LogP contribution in [-0.4, -0.2) is 17.7 Å². The molecule has 0 amide bonds. The van der Waals surface area contributed by atoms with E-state index in [0.29, 0.717) is 5.71 Å². The molecule has 0 atom stereocenters. The van der Waals surface area contributed by atoms with Gasteiger partial charge >= 0.3 is 0 Å². The summed E-state index contributed by atoms with van der Waals surface area (Å²) in [5.74, 6) is 0. The van der Waals surface area contributed by atoms with Gasteiger partial charge in [-0.2, -0.15) is 0 Å². The molecule has 46 valence electrons. The monoisotopic (exact) mass is 130 g/mol. The number of hydrogen-bond acceptors (Lipinski definition) is 3. The van der Waals surface area contributed by atoms with E-state index in [0.717, 1.165) is 5.71 Å². The Morgan fingerprint density at radius 3 is 2.12 bits per heavy atom. The molecular formula is C5H10N2S. The fourth-order valence-electron chi connectivity index (χ4n) is 0.205. The largest absolute Gasteiger partial charge is 0.304 e. The Labute approximate surface area is 54.0 Å². The van der Waals surface area contributed by atoms with E-state index in [9.17, 15) is 0 Å². The van der Waals surface area contributed by atoms with Crippen LogP contribution < -0.4 is 0 Å². The lowest BCUT2D eigenvalue weighted by Gasteiger charge is -1.90. The van der Waals surface area contributed by atoms with Crippen LogP contribution in [0, 0.1) is 5.41 Å². The van der Waals surface area contributed by atoms with Gasteiger partial charge in [0.15, 0.2) is 0 Å². The van der Waals surface area contributed by atoms with Crippen molar-refractivity contribution in [2.45, 2.75) is 13.8 Å². The zero-order valence-corrected chi connectivity index (χ0v) is 6.17. The first-order valence-electron chi connectivity index (χ1n) is 2.31. The molecule has 0 aromatic carbocycles. The van der Waals surface area contributed by atoms with Crippen molar-refractivity contribution in [3.63, 3.8) is 0 Å². The van der Waals surface area contributed by atoms with E-state index < -0.39 is 0 Å². The number of hydrogen-bond donors (Lipinski definition) is 1. The lowest BCUT2D eigenvalue weighted by molar-refractivity contribution is 1.50. The second-order valence-electron chi connectivity index (χ2n) is 1.48. The third kappa shape index (κ3) is 2.80. The third-order valence-electron chi connectivity index (χ3n) is 0.771. The second-order valence-corrected chi connectivity index (χ2v) is 2.03. The summed E-state index contributed by atoms with van der Waals surface area (Å²) >= 11 is 1.39. The molecule has 0 rings (SSSR count). The lowest BCUT2D eigenvalue weighted by atomic mass is 10.3. The average molecular weight is 130 g/mol. The van der Waals surface area contributed by atoms with Crippen LogP contribution in [-0.2, 0) is 0 Å². The highest BCUT2D eigenvalue weighted by Crippen LogP contribution is 1.94. The van der Waals surface area contributed by atoms with Crippen LogP contribution in [0.25, 0.3) is 0 Å². The molecule has 0 radical (unpaired) electrons. The Hall–Kier alpha value is -0.310. The Balaban J connectivity index is 3.80. The quantitative estimate of drug-likeness (QED) is 0.449. The summed E-state index contributed by atoms with van der Waals surface area (Å²) < 4.78 is 3.93. The summed E-state index contributed by atoms with van der Waals surface area (Å²) in [5, 5.41) is 7.06. The molecule has 1 N–H and O–H groups in total. The van der Waals surface area contributed by atoms with Crippen LogP contribution in [0.3, 0.4) is 0 Å². The highest BCUT2D eigenvalue weighted by atomic mass is 32.2. The van der Waals surface area contributed by atoms with Crippen molar-refractivity contribution >= 4 is 23.4 Å². The van der Waals surface area contributed by atoms with E-state index in [1.54, 1.807) is 6.92 Å². The first-order chi connectivity index (χ1) is 3.68. The van der Waals surface area contributed by atoms with Gasteiger partial charge in [-0.05, 0) is 25.8 Å². The van der Waals surface area contributed by atoms with Crippen molar-refractivity contribution in [1.82, 2.24) is 0 Å². The van der Waals surface area contributed by atoms with Gasteiger partial charge in [0, 0.05) is 6.26 Å². The minimum Gasteiger partial charge on any atom is -0.304 e. The third-order valence-corrected chi connectivity index (χ3v) is 1.23. The summed E-state index contributed by atoms with van der Waals surface area (Å²) in [6.07, 6.45) is 1.88. The standard InChI is InChI=1S/C5H10N2S/c1-4(6)5(2)7-8-3/h6H,1-3H3/b6-4?,7-5-. The average Bonchev–Trinajstić information content (AvgIpc) is 1.67. The first-order valence-corrected chi connectivity index (χ1v) is 3.50. The van der Waals surface area contributed by atoms with E-state index in [1.807, 2.05) is 13.2 Å². The molecule has 0 spiro atoms. The summed E-state index contributed by atoms with van der Waals surface area (Å²) in [7, 11) is 0. The molecule has 0 aromatic heterocycles. The van der Waals surface area contributed by atoms with Crippen LogP contribution in [0.2, 0.25) is 0 Å². The molecule has 0 aliphatic carbocycles. The minimum atomic E-state index is 0.541. The molecule has 0 heterocycles. The van der Waals surface area contributed by atoms with Gasteiger partial charge in [-0.1, -0.05) is 0 Å². The van der Waals surface area contributed by atoms with Gasteiger partial charge in [0.2, 0.25) is 0 Å². The van der Waals surface area contributed by atoms with Gasteiger partial charge < -0.3 is 5.41 Å². The maximum atomic E-state index is 7.06. The molecule has 0 bridgehead atoms.